The van der Waals surface area contributed by atoms with Crippen LogP contribution in [0.2, 0.25) is 0 Å². The van der Waals surface area contributed by atoms with Gasteiger partial charge in [-0.2, -0.15) is 0 Å². The van der Waals surface area contributed by atoms with E-state index in [0.717, 1.165) is 0 Å². The number of aromatic hydroxyl groups is 2. The molecule has 4 aromatic rings. The first-order valence-electron chi connectivity index (χ1n) is 8.28. The van der Waals surface area contributed by atoms with Crippen molar-refractivity contribution in [2.45, 2.75) is 6.92 Å². The fourth-order valence-electron chi connectivity index (χ4n) is 2.86. The summed E-state index contributed by atoms with van der Waals surface area (Å²) in [5.41, 5.74) is 1.32. The number of benzene rings is 1. The summed E-state index contributed by atoms with van der Waals surface area (Å²) in [6.07, 6.45) is 3.08. The standard InChI is InChI=1S/C19H16N4O5/c1-9-5-13(25)17(26)18(28-9)16-15(10-3-4-12(24)14(6-10)27-2)22-19(23-16)11-7-20-8-21-11/h3-8,24,26H,1-2H3,(H,20,21)(H,22,23). The lowest BCUT2D eigenvalue weighted by molar-refractivity contribution is 0.373. The van der Waals surface area contributed by atoms with Gasteiger partial charge in [0, 0.05) is 11.6 Å². The average molecular weight is 380 g/mol. The largest absolute Gasteiger partial charge is 0.504 e. The number of methoxy groups -OCH3 is 1. The Morgan fingerprint density at radius 3 is 2.75 bits per heavy atom. The van der Waals surface area contributed by atoms with Gasteiger partial charge in [0.15, 0.2) is 23.1 Å². The average Bonchev–Trinajstić information content (AvgIpc) is 3.34. The number of aryl methyl sites for hydroxylation is 1. The molecule has 9 heteroatoms. The second-order valence-corrected chi connectivity index (χ2v) is 6.06. The molecule has 0 bridgehead atoms. The van der Waals surface area contributed by atoms with Crippen LogP contribution in [-0.2, 0) is 0 Å². The minimum absolute atomic E-state index is 0.0259. The second-order valence-electron chi connectivity index (χ2n) is 6.06. The number of ether oxygens (including phenoxy) is 1. The molecule has 3 heterocycles. The molecule has 0 saturated heterocycles. The first kappa shape index (κ1) is 17.4. The van der Waals surface area contributed by atoms with Crippen LogP contribution in [0.15, 0.2) is 46.0 Å². The Hall–Kier alpha value is -4.01. The molecule has 142 valence electrons. The number of phenols is 1. The Morgan fingerprint density at radius 2 is 2.04 bits per heavy atom. The molecule has 0 aliphatic heterocycles. The van der Waals surface area contributed by atoms with Crippen LogP contribution in [0, 0.1) is 6.92 Å². The number of nitrogens with zero attached hydrogens (tertiary/aromatic N) is 2. The third-order valence-corrected chi connectivity index (χ3v) is 4.18. The first-order valence-corrected chi connectivity index (χ1v) is 8.28. The van der Waals surface area contributed by atoms with Crippen LogP contribution in [0.3, 0.4) is 0 Å². The zero-order valence-electron chi connectivity index (χ0n) is 15.0. The molecule has 0 unspecified atom stereocenters. The zero-order chi connectivity index (χ0) is 19.8. The highest BCUT2D eigenvalue weighted by atomic mass is 16.5. The van der Waals surface area contributed by atoms with Crippen LogP contribution in [0.5, 0.6) is 17.2 Å². The summed E-state index contributed by atoms with van der Waals surface area (Å²) in [5.74, 6) is 0.428. The number of aromatic nitrogens is 4. The van der Waals surface area contributed by atoms with Crippen molar-refractivity contribution in [1.29, 1.82) is 0 Å². The van der Waals surface area contributed by atoms with E-state index in [1.807, 2.05) is 0 Å². The van der Waals surface area contributed by atoms with Crippen molar-refractivity contribution in [3.05, 3.63) is 52.8 Å². The molecule has 3 aromatic heterocycles. The third kappa shape index (κ3) is 2.88. The molecule has 4 rings (SSSR count). The van der Waals surface area contributed by atoms with Crippen molar-refractivity contribution in [3.63, 3.8) is 0 Å². The minimum atomic E-state index is -0.564. The normalized spacial score (nSPS) is 10.9. The van der Waals surface area contributed by atoms with Gasteiger partial charge in [-0.05, 0) is 25.1 Å². The summed E-state index contributed by atoms with van der Waals surface area (Å²) in [4.78, 5) is 26.6. The van der Waals surface area contributed by atoms with Gasteiger partial charge in [0.2, 0.25) is 11.2 Å². The van der Waals surface area contributed by atoms with E-state index in [0.29, 0.717) is 34.2 Å². The number of hydrogen-bond acceptors (Lipinski definition) is 7. The van der Waals surface area contributed by atoms with Crippen molar-refractivity contribution in [1.82, 2.24) is 19.9 Å². The van der Waals surface area contributed by atoms with E-state index in [-0.39, 0.29) is 17.3 Å². The highest BCUT2D eigenvalue weighted by Crippen LogP contribution is 2.38. The van der Waals surface area contributed by atoms with Gasteiger partial charge in [-0.15, -0.1) is 0 Å². The van der Waals surface area contributed by atoms with Crippen LogP contribution in [-0.4, -0.2) is 37.3 Å². The van der Waals surface area contributed by atoms with Gasteiger partial charge in [-0.1, -0.05) is 0 Å². The Bertz CT molecular complexity index is 1210. The SMILES string of the molecule is COc1cc(-c2nc(-c3cnc[nH]3)[nH]c2-c2oc(C)cc(=O)c2O)ccc1O. The molecule has 28 heavy (non-hydrogen) atoms. The van der Waals surface area contributed by atoms with Crippen molar-refractivity contribution in [2.75, 3.05) is 7.11 Å². The molecule has 0 spiro atoms. The molecule has 0 aliphatic rings. The third-order valence-electron chi connectivity index (χ3n) is 4.18. The van der Waals surface area contributed by atoms with Crippen molar-refractivity contribution in [3.8, 4) is 51.5 Å². The van der Waals surface area contributed by atoms with E-state index < -0.39 is 11.2 Å². The van der Waals surface area contributed by atoms with Crippen LogP contribution >= 0.6 is 0 Å². The Labute approximate surface area is 158 Å². The lowest BCUT2D eigenvalue weighted by atomic mass is 10.1. The molecule has 0 saturated carbocycles. The van der Waals surface area contributed by atoms with E-state index in [1.165, 1.54) is 25.6 Å². The highest BCUT2D eigenvalue weighted by molar-refractivity contribution is 5.81. The Balaban J connectivity index is 1.99. The van der Waals surface area contributed by atoms with Gasteiger partial charge in [-0.3, -0.25) is 4.79 Å². The summed E-state index contributed by atoms with van der Waals surface area (Å²) in [7, 11) is 1.44. The van der Waals surface area contributed by atoms with Gasteiger partial charge >= 0.3 is 0 Å². The summed E-state index contributed by atoms with van der Waals surface area (Å²) in [5, 5.41) is 20.2. The van der Waals surface area contributed by atoms with Crippen molar-refractivity contribution in [2.24, 2.45) is 0 Å². The van der Waals surface area contributed by atoms with Gasteiger partial charge in [-0.25, -0.2) is 9.97 Å². The molecule has 4 N–H and O–H groups in total. The van der Waals surface area contributed by atoms with Crippen LogP contribution < -0.4 is 10.2 Å². The molecule has 0 amide bonds. The van der Waals surface area contributed by atoms with Gasteiger partial charge in [0.25, 0.3) is 0 Å². The number of H-pyrrole nitrogens is 2. The topological polar surface area (TPSA) is 137 Å². The fourth-order valence-corrected chi connectivity index (χ4v) is 2.86. The number of nitrogens with one attached hydrogen (secondary N) is 2. The predicted octanol–water partition coefficient (Wildman–Crippen LogP) is 2.82. The minimum Gasteiger partial charge on any atom is -0.504 e. The Kier molecular flexibility index (Phi) is 4.11. The van der Waals surface area contributed by atoms with E-state index >= 15 is 0 Å². The van der Waals surface area contributed by atoms with Crippen LogP contribution in [0.25, 0.3) is 34.2 Å². The molecule has 0 atom stereocenters. The number of rotatable bonds is 4. The van der Waals surface area contributed by atoms with E-state index in [9.17, 15) is 15.0 Å². The number of phenolic OH excluding ortho intramolecular Hbond substituents is 1. The highest BCUT2D eigenvalue weighted by Gasteiger charge is 2.23. The molecule has 1 aromatic carbocycles. The van der Waals surface area contributed by atoms with Crippen LogP contribution in [0.4, 0.5) is 0 Å². The molecular formula is C19H16N4O5. The van der Waals surface area contributed by atoms with Gasteiger partial charge < -0.3 is 29.3 Å². The van der Waals surface area contributed by atoms with Gasteiger partial charge in [0.05, 0.1) is 19.6 Å². The number of imidazole rings is 2. The maximum Gasteiger partial charge on any atom is 0.227 e. The smallest absolute Gasteiger partial charge is 0.227 e. The van der Waals surface area contributed by atoms with Crippen molar-refractivity contribution >= 4 is 0 Å². The summed E-state index contributed by atoms with van der Waals surface area (Å²) in [6, 6.07) is 5.90. The van der Waals surface area contributed by atoms with E-state index in [2.05, 4.69) is 19.9 Å². The zero-order valence-corrected chi connectivity index (χ0v) is 15.0. The lowest BCUT2D eigenvalue weighted by Gasteiger charge is -2.08. The Morgan fingerprint density at radius 1 is 1.21 bits per heavy atom. The predicted molar refractivity (Wildman–Crippen MR) is 100 cm³/mol. The quantitative estimate of drug-likeness (QED) is 0.427. The fraction of sp³-hybridized carbons (Fsp3) is 0.105. The monoisotopic (exact) mass is 380 g/mol. The molecule has 0 aliphatic carbocycles. The summed E-state index contributed by atoms with van der Waals surface area (Å²) in [6.45, 7) is 1.61. The molecule has 0 fully saturated rings. The molecular weight excluding hydrogens is 364 g/mol. The maximum absolute atomic E-state index is 12.0. The first-order chi connectivity index (χ1) is 13.5. The van der Waals surface area contributed by atoms with Gasteiger partial charge in [0.1, 0.15) is 22.8 Å². The number of hydrogen-bond donors (Lipinski definition) is 4. The maximum atomic E-state index is 12.0. The summed E-state index contributed by atoms with van der Waals surface area (Å²) < 4.78 is 10.8. The van der Waals surface area contributed by atoms with E-state index in [1.54, 1.807) is 25.3 Å². The van der Waals surface area contributed by atoms with Crippen molar-refractivity contribution < 1.29 is 19.4 Å². The second kappa shape index (κ2) is 6.62. The lowest BCUT2D eigenvalue weighted by Crippen LogP contribution is -2.01. The van der Waals surface area contributed by atoms with Crippen LogP contribution in [0.1, 0.15) is 5.76 Å². The number of aromatic amines is 2. The van der Waals surface area contributed by atoms with E-state index in [4.69, 9.17) is 9.15 Å². The molecule has 0 radical (unpaired) electrons. The summed E-state index contributed by atoms with van der Waals surface area (Å²) >= 11 is 0. The molecule has 9 nitrogen and oxygen atoms in total.